The third-order valence-corrected chi connectivity index (χ3v) is 6.09. The van der Waals surface area contributed by atoms with Crippen LogP contribution in [-0.2, 0) is 24.2 Å². The molecule has 0 bridgehead atoms. The van der Waals surface area contributed by atoms with E-state index >= 15 is 0 Å². The monoisotopic (exact) mass is 439 g/mol. The minimum atomic E-state index is -3.26. The predicted octanol–water partition coefficient (Wildman–Crippen LogP) is 1.67. The summed E-state index contributed by atoms with van der Waals surface area (Å²) in [4.78, 5) is 26.8. The second kappa shape index (κ2) is 11.4. The van der Waals surface area contributed by atoms with Crippen molar-refractivity contribution in [3.63, 3.8) is 0 Å². The van der Waals surface area contributed by atoms with Gasteiger partial charge < -0.3 is 15.4 Å². The summed E-state index contributed by atoms with van der Waals surface area (Å²) in [6.45, 7) is 6.86. The molecule has 0 spiro atoms. The Balaban J connectivity index is 1.67. The molecule has 0 saturated carbocycles. The number of amides is 2. The van der Waals surface area contributed by atoms with Crippen LogP contribution >= 0.6 is 0 Å². The summed E-state index contributed by atoms with van der Waals surface area (Å²) >= 11 is 0. The van der Waals surface area contributed by atoms with Crippen molar-refractivity contribution in [3.05, 3.63) is 24.3 Å². The van der Waals surface area contributed by atoms with E-state index in [1.165, 1.54) is 12.1 Å². The minimum absolute atomic E-state index is 0.0149. The second-order valence-electron chi connectivity index (χ2n) is 7.96. The fourth-order valence-electron chi connectivity index (χ4n) is 3.29. The average Bonchev–Trinajstić information content (AvgIpc) is 2.67. The van der Waals surface area contributed by atoms with E-state index in [-0.39, 0.29) is 35.3 Å². The fourth-order valence-corrected chi connectivity index (χ4v) is 3.92. The molecule has 1 aliphatic heterocycles. The summed E-state index contributed by atoms with van der Waals surface area (Å²) in [6.07, 6.45) is 3.60. The molecule has 1 fully saturated rings. The Bertz CT molecular complexity index is 800. The van der Waals surface area contributed by atoms with Crippen LogP contribution in [-0.4, -0.2) is 70.3 Å². The van der Waals surface area contributed by atoms with Crippen LogP contribution < -0.4 is 10.6 Å². The Morgan fingerprint density at radius 2 is 1.80 bits per heavy atom. The van der Waals surface area contributed by atoms with E-state index < -0.39 is 9.84 Å². The first-order chi connectivity index (χ1) is 14.1. The van der Waals surface area contributed by atoms with Crippen molar-refractivity contribution in [2.75, 3.05) is 44.4 Å². The molecule has 2 amide bonds. The van der Waals surface area contributed by atoms with Crippen molar-refractivity contribution < 1.29 is 22.7 Å². The molecule has 0 aliphatic carbocycles. The standard InChI is InChI=1S/C21H33N3O5S/c1-16(2)29-14-4-11-22-21(26)17-9-12-24(13-10-17)15-20(25)23-18-5-7-19(8-6-18)30(3,27)28/h5-8,16-17H,4,9-15H2,1-3H3,(H,22,26)(H,23,25). The SMILES string of the molecule is CC(C)OCCCNC(=O)C1CCN(CC(=O)Nc2ccc(S(C)(=O)=O)cc2)CC1. The summed E-state index contributed by atoms with van der Waals surface area (Å²) in [5.41, 5.74) is 0.558. The maximum Gasteiger partial charge on any atom is 0.238 e. The van der Waals surface area contributed by atoms with Gasteiger partial charge in [0.05, 0.1) is 17.5 Å². The van der Waals surface area contributed by atoms with Crippen molar-refractivity contribution in [1.29, 1.82) is 0 Å². The van der Waals surface area contributed by atoms with Gasteiger partial charge >= 0.3 is 0 Å². The van der Waals surface area contributed by atoms with Crippen LogP contribution in [0.15, 0.2) is 29.2 Å². The molecule has 0 unspecified atom stereocenters. The smallest absolute Gasteiger partial charge is 0.238 e. The quantitative estimate of drug-likeness (QED) is 0.538. The normalized spacial score (nSPS) is 15.9. The lowest BCUT2D eigenvalue weighted by Crippen LogP contribution is -2.43. The first-order valence-corrected chi connectivity index (χ1v) is 12.3. The van der Waals surface area contributed by atoms with E-state index in [0.29, 0.717) is 31.9 Å². The minimum Gasteiger partial charge on any atom is -0.379 e. The highest BCUT2D eigenvalue weighted by Crippen LogP contribution is 2.18. The van der Waals surface area contributed by atoms with Gasteiger partial charge in [-0.3, -0.25) is 14.5 Å². The molecule has 2 N–H and O–H groups in total. The zero-order chi connectivity index (χ0) is 22.1. The molecular formula is C21H33N3O5S. The Labute approximate surface area is 179 Å². The van der Waals surface area contributed by atoms with Gasteiger partial charge in [0.2, 0.25) is 11.8 Å². The van der Waals surface area contributed by atoms with Gasteiger partial charge in [-0.05, 0) is 70.5 Å². The summed E-state index contributed by atoms with van der Waals surface area (Å²) in [5, 5.41) is 5.75. The molecule has 1 saturated heterocycles. The largest absolute Gasteiger partial charge is 0.379 e. The van der Waals surface area contributed by atoms with E-state index in [0.717, 1.165) is 25.5 Å². The van der Waals surface area contributed by atoms with E-state index in [4.69, 9.17) is 4.74 Å². The summed E-state index contributed by atoms with van der Waals surface area (Å²) < 4.78 is 28.4. The molecular weight excluding hydrogens is 406 g/mol. The van der Waals surface area contributed by atoms with Crippen molar-refractivity contribution in [2.24, 2.45) is 5.92 Å². The van der Waals surface area contributed by atoms with Crippen molar-refractivity contribution in [2.45, 2.75) is 44.1 Å². The average molecular weight is 440 g/mol. The first-order valence-electron chi connectivity index (χ1n) is 10.4. The van der Waals surface area contributed by atoms with Gasteiger partial charge in [-0.25, -0.2) is 8.42 Å². The van der Waals surface area contributed by atoms with Gasteiger partial charge in [0.1, 0.15) is 0 Å². The van der Waals surface area contributed by atoms with Gasteiger partial charge in [-0.1, -0.05) is 0 Å². The number of rotatable bonds is 10. The van der Waals surface area contributed by atoms with E-state index in [9.17, 15) is 18.0 Å². The third kappa shape index (κ3) is 8.41. The zero-order valence-corrected chi connectivity index (χ0v) is 18.8. The number of sulfone groups is 1. The zero-order valence-electron chi connectivity index (χ0n) is 18.0. The van der Waals surface area contributed by atoms with E-state index in [1.54, 1.807) is 12.1 Å². The van der Waals surface area contributed by atoms with Crippen LogP contribution in [0, 0.1) is 5.92 Å². The summed E-state index contributed by atoms with van der Waals surface area (Å²) in [5.74, 6) is -0.0939. The molecule has 2 rings (SSSR count). The van der Waals surface area contributed by atoms with Gasteiger partial charge in [0.15, 0.2) is 9.84 Å². The molecule has 1 heterocycles. The molecule has 0 atom stereocenters. The highest BCUT2D eigenvalue weighted by Gasteiger charge is 2.25. The number of nitrogens with one attached hydrogen (secondary N) is 2. The lowest BCUT2D eigenvalue weighted by molar-refractivity contribution is -0.126. The second-order valence-corrected chi connectivity index (χ2v) is 9.98. The van der Waals surface area contributed by atoms with Crippen LogP contribution in [0.2, 0.25) is 0 Å². The number of ether oxygens (including phenoxy) is 1. The lowest BCUT2D eigenvalue weighted by atomic mass is 9.96. The molecule has 8 nitrogen and oxygen atoms in total. The van der Waals surface area contributed by atoms with Gasteiger partial charge in [0.25, 0.3) is 0 Å². The number of carbonyl (C=O) groups is 2. The van der Waals surface area contributed by atoms with Gasteiger partial charge in [-0.15, -0.1) is 0 Å². The van der Waals surface area contributed by atoms with Crippen LogP contribution in [0.4, 0.5) is 5.69 Å². The van der Waals surface area contributed by atoms with Crippen LogP contribution in [0.5, 0.6) is 0 Å². The number of likely N-dealkylation sites (tertiary alicyclic amines) is 1. The Morgan fingerprint density at radius 3 is 2.37 bits per heavy atom. The van der Waals surface area contributed by atoms with Gasteiger partial charge in [-0.2, -0.15) is 0 Å². The number of benzene rings is 1. The Kier molecular flexibility index (Phi) is 9.26. The van der Waals surface area contributed by atoms with E-state index in [1.807, 2.05) is 18.7 Å². The number of hydrogen-bond donors (Lipinski definition) is 2. The topological polar surface area (TPSA) is 105 Å². The molecule has 9 heteroatoms. The third-order valence-electron chi connectivity index (χ3n) is 4.96. The number of nitrogens with zero attached hydrogens (tertiary/aromatic N) is 1. The van der Waals surface area contributed by atoms with Crippen molar-refractivity contribution in [1.82, 2.24) is 10.2 Å². The van der Waals surface area contributed by atoms with Crippen LogP contribution in [0.25, 0.3) is 0 Å². The summed E-state index contributed by atoms with van der Waals surface area (Å²) in [6, 6.07) is 6.11. The first kappa shape index (κ1) is 24.3. The Morgan fingerprint density at radius 1 is 1.17 bits per heavy atom. The molecule has 0 aromatic heterocycles. The number of anilines is 1. The van der Waals surface area contributed by atoms with Crippen molar-refractivity contribution in [3.8, 4) is 0 Å². The molecule has 30 heavy (non-hydrogen) atoms. The maximum atomic E-state index is 12.3. The molecule has 168 valence electrons. The van der Waals surface area contributed by atoms with Crippen molar-refractivity contribution >= 4 is 27.3 Å². The molecule has 1 aromatic carbocycles. The molecule has 1 aromatic rings. The van der Waals surface area contributed by atoms with Crippen LogP contribution in [0.3, 0.4) is 0 Å². The number of carbonyl (C=O) groups excluding carboxylic acids is 2. The van der Waals surface area contributed by atoms with Gasteiger partial charge in [0, 0.05) is 31.0 Å². The maximum absolute atomic E-state index is 12.3. The highest BCUT2D eigenvalue weighted by molar-refractivity contribution is 7.90. The number of piperidine rings is 1. The van der Waals surface area contributed by atoms with E-state index in [2.05, 4.69) is 10.6 Å². The van der Waals surface area contributed by atoms with Crippen LogP contribution in [0.1, 0.15) is 33.1 Å². The summed E-state index contributed by atoms with van der Waals surface area (Å²) in [7, 11) is -3.26. The highest BCUT2D eigenvalue weighted by atomic mass is 32.2. The lowest BCUT2D eigenvalue weighted by Gasteiger charge is -2.30. The number of hydrogen-bond acceptors (Lipinski definition) is 6. The molecule has 0 radical (unpaired) electrons. The predicted molar refractivity (Wildman–Crippen MR) is 116 cm³/mol. The fraction of sp³-hybridized carbons (Fsp3) is 0.619. The Hall–Kier alpha value is -1.97. The molecule has 1 aliphatic rings.